The van der Waals surface area contributed by atoms with Gasteiger partial charge in [-0.1, -0.05) is 50.2 Å². The van der Waals surface area contributed by atoms with E-state index in [1.165, 1.54) is 11.4 Å². The van der Waals surface area contributed by atoms with Crippen LogP contribution >= 0.6 is 0 Å². The molecule has 0 saturated carbocycles. The topological polar surface area (TPSA) is 6.48 Å². The van der Waals surface area contributed by atoms with Gasteiger partial charge in [0.25, 0.3) is 0 Å². The molecule has 1 saturated heterocycles. The number of para-hydroxylation sites is 2. The Labute approximate surface area is 141 Å². The van der Waals surface area contributed by atoms with Crippen molar-refractivity contribution >= 4 is 19.6 Å². The van der Waals surface area contributed by atoms with E-state index in [-0.39, 0.29) is 10.6 Å². The fourth-order valence-electron chi connectivity index (χ4n) is 3.79. The highest BCUT2D eigenvalue weighted by Crippen LogP contribution is 2.59. The zero-order valence-electron chi connectivity index (χ0n) is 15.2. The van der Waals surface area contributed by atoms with Crippen molar-refractivity contribution < 1.29 is 0 Å². The molecule has 122 valence electrons. The van der Waals surface area contributed by atoms with Gasteiger partial charge in [0.15, 0.2) is 8.24 Å². The standard InChI is InChI=1S/C20H28N2Si/c1-19(2)20(3,4)23(5,6)22(18-15-11-8-12-16-18)21(19)17-13-9-7-10-14-17/h7-16H,1-6H3. The smallest absolute Gasteiger partial charge is 0.185 e. The summed E-state index contributed by atoms with van der Waals surface area (Å²) in [4.78, 5) is 0. The Kier molecular flexibility index (Phi) is 3.60. The van der Waals surface area contributed by atoms with Gasteiger partial charge < -0.3 is 4.67 Å². The fourth-order valence-corrected chi connectivity index (χ4v) is 7.59. The zero-order chi connectivity index (χ0) is 16.9. The van der Waals surface area contributed by atoms with Crippen LogP contribution < -0.4 is 9.68 Å². The Hall–Kier alpha value is -1.74. The Morgan fingerprint density at radius 3 is 1.61 bits per heavy atom. The van der Waals surface area contributed by atoms with Crippen LogP contribution in [-0.2, 0) is 0 Å². The average Bonchev–Trinajstić information content (AvgIpc) is 2.63. The molecule has 0 aliphatic carbocycles. The largest absolute Gasteiger partial charge is 0.313 e. The normalized spacial score (nSPS) is 21.5. The van der Waals surface area contributed by atoms with Crippen LogP contribution in [0.2, 0.25) is 18.1 Å². The average molecular weight is 325 g/mol. The molecule has 0 spiro atoms. The number of hydrogen-bond donors (Lipinski definition) is 0. The number of benzene rings is 2. The van der Waals surface area contributed by atoms with Crippen molar-refractivity contribution in [2.24, 2.45) is 0 Å². The van der Waals surface area contributed by atoms with Gasteiger partial charge >= 0.3 is 0 Å². The molecule has 3 rings (SSSR count). The van der Waals surface area contributed by atoms with Crippen LogP contribution in [-0.4, -0.2) is 13.8 Å². The first-order valence-corrected chi connectivity index (χ1v) is 11.4. The number of hydrazine groups is 1. The van der Waals surface area contributed by atoms with Crippen LogP contribution in [0.1, 0.15) is 27.7 Å². The molecule has 1 fully saturated rings. The number of rotatable bonds is 2. The second kappa shape index (κ2) is 5.13. The maximum absolute atomic E-state index is 2.61. The Balaban J connectivity index is 2.25. The first kappa shape index (κ1) is 16.1. The van der Waals surface area contributed by atoms with Crippen LogP contribution in [0.5, 0.6) is 0 Å². The molecule has 2 nitrogen and oxygen atoms in total. The molecule has 2 aromatic rings. The third-order valence-corrected chi connectivity index (χ3v) is 11.5. The van der Waals surface area contributed by atoms with Gasteiger partial charge in [-0.05, 0) is 51.2 Å². The van der Waals surface area contributed by atoms with E-state index in [1.54, 1.807) is 0 Å². The maximum Gasteiger partial charge on any atom is 0.185 e. The molecule has 3 heteroatoms. The molecular formula is C20H28N2Si. The van der Waals surface area contributed by atoms with Gasteiger partial charge in [-0.2, -0.15) is 0 Å². The Morgan fingerprint density at radius 1 is 0.696 bits per heavy atom. The lowest BCUT2D eigenvalue weighted by Gasteiger charge is -2.44. The lowest BCUT2D eigenvalue weighted by atomic mass is 9.88. The van der Waals surface area contributed by atoms with Crippen molar-refractivity contribution in [2.45, 2.75) is 51.4 Å². The second-order valence-corrected chi connectivity index (χ2v) is 12.8. The van der Waals surface area contributed by atoms with E-state index in [0.29, 0.717) is 0 Å². The highest BCUT2D eigenvalue weighted by molar-refractivity contribution is 6.85. The third-order valence-electron chi connectivity index (χ3n) is 6.32. The maximum atomic E-state index is 2.61. The SMILES string of the molecule is CC1(C)N(c2ccccc2)N(c2ccccc2)[Si](C)(C)C1(C)C. The van der Waals surface area contributed by atoms with Gasteiger partial charge in [0.1, 0.15) is 0 Å². The molecule has 1 aliphatic heterocycles. The summed E-state index contributed by atoms with van der Waals surface area (Å²) in [5, 5.41) is 2.76. The lowest BCUT2D eigenvalue weighted by molar-refractivity contribution is 0.386. The molecule has 0 aromatic heterocycles. The Morgan fingerprint density at radius 2 is 1.13 bits per heavy atom. The van der Waals surface area contributed by atoms with Gasteiger partial charge in [0, 0.05) is 10.7 Å². The van der Waals surface area contributed by atoms with Crippen molar-refractivity contribution in [1.29, 1.82) is 0 Å². The molecule has 0 amide bonds. The van der Waals surface area contributed by atoms with Crippen molar-refractivity contribution in [2.75, 3.05) is 9.68 Å². The first-order valence-electron chi connectivity index (χ1n) is 8.42. The third kappa shape index (κ3) is 2.13. The van der Waals surface area contributed by atoms with E-state index < -0.39 is 8.24 Å². The van der Waals surface area contributed by atoms with Crippen LogP contribution in [0.25, 0.3) is 0 Å². The van der Waals surface area contributed by atoms with Crippen molar-refractivity contribution in [3.05, 3.63) is 60.7 Å². The number of nitrogens with zero attached hydrogens (tertiary/aromatic N) is 2. The van der Waals surface area contributed by atoms with E-state index >= 15 is 0 Å². The first-order chi connectivity index (χ1) is 10.7. The minimum absolute atomic E-state index is 0.0416. The highest BCUT2D eigenvalue weighted by Gasteiger charge is 2.64. The van der Waals surface area contributed by atoms with Gasteiger partial charge in [-0.15, -0.1) is 0 Å². The summed E-state index contributed by atoms with van der Waals surface area (Å²) < 4.78 is 2.61. The van der Waals surface area contributed by atoms with E-state index in [4.69, 9.17) is 0 Å². The van der Waals surface area contributed by atoms with Gasteiger partial charge in [-0.3, -0.25) is 5.01 Å². The summed E-state index contributed by atoms with van der Waals surface area (Å²) in [6.45, 7) is 14.6. The summed E-state index contributed by atoms with van der Waals surface area (Å²) in [5.41, 5.74) is 2.61. The molecule has 1 aliphatic rings. The van der Waals surface area contributed by atoms with E-state index in [1.807, 2.05) is 0 Å². The molecular weight excluding hydrogens is 296 g/mol. The number of hydrogen-bond acceptors (Lipinski definition) is 2. The Bertz CT molecular complexity index is 618. The minimum atomic E-state index is -1.76. The molecule has 1 heterocycles. The predicted octanol–water partition coefficient (Wildman–Crippen LogP) is 5.69. The van der Waals surface area contributed by atoms with Crippen LogP contribution in [0.3, 0.4) is 0 Å². The van der Waals surface area contributed by atoms with Gasteiger partial charge in [-0.25, -0.2) is 0 Å². The monoisotopic (exact) mass is 324 g/mol. The van der Waals surface area contributed by atoms with Gasteiger partial charge in [0.05, 0.1) is 11.2 Å². The summed E-state index contributed by atoms with van der Waals surface area (Å²) in [6.07, 6.45) is 0. The molecule has 23 heavy (non-hydrogen) atoms. The zero-order valence-corrected chi connectivity index (χ0v) is 16.2. The van der Waals surface area contributed by atoms with Crippen LogP contribution in [0, 0.1) is 0 Å². The van der Waals surface area contributed by atoms with E-state index in [9.17, 15) is 0 Å². The molecule has 0 unspecified atom stereocenters. The summed E-state index contributed by atoms with van der Waals surface area (Å²) in [7, 11) is -1.76. The molecule has 0 N–H and O–H groups in total. The summed E-state index contributed by atoms with van der Waals surface area (Å²) in [5.74, 6) is 0. The fraction of sp³-hybridized carbons (Fsp3) is 0.400. The van der Waals surface area contributed by atoms with E-state index in [2.05, 4.69) is 111 Å². The molecule has 0 radical (unpaired) electrons. The minimum Gasteiger partial charge on any atom is -0.313 e. The van der Waals surface area contributed by atoms with Gasteiger partial charge in [0.2, 0.25) is 0 Å². The number of anilines is 2. The molecule has 2 aromatic carbocycles. The van der Waals surface area contributed by atoms with Crippen molar-refractivity contribution in [1.82, 2.24) is 0 Å². The predicted molar refractivity (Wildman–Crippen MR) is 103 cm³/mol. The second-order valence-electron chi connectivity index (χ2n) is 8.04. The highest BCUT2D eigenvalue weighted by atomic mass is 28.3. The summed E-state index contributed by atoms with van der Waals surface area (Å²) in [6, 6.07) is 21.7. The van der Waals surface area contributed by atoms with Crippen LogP contribution in [0.15, 0.2) is 60.7 Å². The molecule has 0 atom stereocenters. The van der Waals surface area contributed by atoms with E-state index in [0.717, 1.165) is 0 Å². The van der Waals surface area contributed by atoms with Crippen molar-refractivity contribution in [3.8, 4) is 0 Å². The quantitative estimate of drug-likeness (QED) is 0.655. The van der Waals surface area contributed by atoms with Crippen molar-refractivity contribution in [3.63, 3.8) is 0 Å². The lowest BCUT2D eigenvalue weighted by Crippen LogP contribution is -2.54. The molecule has 0 bridgehead atoms. The van der Waals surface area contributed by atoms with Crippen LogP contribution in [0.4, 0.5) is 11.4 Å². The summed E-state index contributed by atoms with van der Waals surface area (Å²) >= 11 is 0.